The highest BCUT2D eigenvalue weighted by Crippen LogP contribution is 2.34. The molecule has 2 rings (SSSR count). The lowest BCUT2D eigenvalue weighted by atomic mass is 9.83. The number of carbonyl (C=O) groups excluding carboxylic acids is 1. The summed E-state index contributed by atoms with van der Waals surface area (Å²) in [5.41, 5.74) is 0. The lowest BCUT2D eigenvalue weighted by Gasteiger charge is -2.35. The van der Waals surface area contributed by atoms with Gasteiger partial charge in [0.25, 0.3) is 0 Å². The van der Waals surface area contributed by atoms with E-state index in [-0.39, 0.29) is 6.04 Å². The van der Waals surface area contributed by atoms with Gasteiger partial charge in [-0.2, -0.15) is 0 Å². The first-order chi connectivity index (χ1) is 8.24. The molecule has 1 saturated carbocycles. The summed E-state index contributed by atoms with van der Waals surface area (Å²) in [6.45, 7) is 2.95. The molecule has 2 unspecified atom stereocenters. The number of nitrogens with zero attached hydrogens (tertiary/aromatic N) is 1. The van der Waals surface area contributed by atoms with Crippen molar-refractivity contribution in [3.8, 4) is 0 Å². The average molecular weight is 238 g/mol. The van der Waals surface area contributed by atoms with Crippen LogP contribution in [0.5, 0.6) is 0 Å². The average Bonchev–Trinajstić information content (AvgIpc) is 2.87. The topological polar surface area (TPSA) is 32.3 Å². The number of rotatable bonds is 3. The quantitative estimate of drug-likeness (QED) is 0.817. The minimum atomic E-state index is -0.0285. The fourth-order valence-electron chi connectivity index (χ4n) is 3.45. The van der Waals surface area contributed by atoms with E-state index in [4.69, 9.17) is 0 Å². The third-order valence-electron chi connectivity index (χ3n) is 4.58. The first kappa shape index (κ1) is 12.9. The van der Waals surface area contributed by atoms with E-state index >= 15 is 0 Å². The Balaban J connectivity index is 1.98. The molecule has 0 aromatic rings. The van der Waals surface area contributed by atoms with Gasteiger partial charge in [-0.05, 0) is 45.6 Å². The van der Waals surface area contributed by atoms with Crippen LogP contribution in [0.4, 0.5) is 0 Å². The smallest absolute Gasteiger partial charge is 0.239 e. The van der Waals surface area contributed by atoms with E-state index in [1.807, 2.05) is 14.0 Å². The molecule has 2 atom stereocenters. The third-order valence-corrected chi connectivity index (χ3v) is 4.58. The second-order valence-corrected chi connectivity index (χ2v) is 5.65. The summed E-state index contributed by atoms with van der Waals surface area (Å²) in [4.78, 5) is 14.5. The molecule has 3 heteroatoms. The number of carbonyl (C=O) groups is 1. The standard InChI is InChI=1S/C14H26N2O/c1-11(15-2)14(17)16-10-6-9-13(16)12-7-4-3-5-8-12/h11-13,15H,3-10H2,1-2H3. The Morgan fingerprint density at radius 1 is 1.18 bits per heavy atom. The van der Waals surface area contributed by atoms with E-state index in [0.29, 0.717) is 11.9 Å². The molecule has 0 aromatic carbocycles. The van der Waals surface area contributed by atoms with E-state index in [2.05, 4.69) is 10.2 Å². The minimum Gasteiger partial charge on any atom is -0.338 e. The van der Waals surface area contributed by atoms with Gasteiger partial charge in [0.2, 0.25) is 5.91 Å². The number of hydrogen-bond donors (Lipinski definition) is 1. The van der Waals surface area contributed by atoms with Crippen molar-refractivity contribution in [3.63, 3.8) is 0 Å². The van der Waals surface area contributed by atoms with E-state index in [9.17, 15) is 4.79 Å². The highest BCUT2D eigenvalue weighted by atomic mass is 16.2. The van der Waals surface area contributed by atoms with Gasteiger partial charge in [-0.15, -0.1) is 0 Å². The van der Waals surface area contributed by atoms with Crippen LogP contribution in [-0.2, 0) is 4.79 Å². The van der Waals surface area contributed by atoms with Crippen LogP contribution in [0.2, 0.25) is 0 Å². The number of amides is 1. The van der Waals surface area contributed by atoms with Gasteiger partial charge in [-0.25, -0.2) is 0 Å². The Hall–Kier alpha value is -0.570. The lowest BCUT2D eigenvalue weighted by Crippen LogP contribution is -2.48. The maximum Gasteiger partial charge on any atom is 0.239 e. The SMILES string of the molecule is CNC(C)C(=O)N1CCCC1C1CCCCC1. The molecule has 0 spiro atoms. The lowest BCUT2D eigenvalue weighted by molar-refractivity contribution is -0.134. The zero-order valence-corrected chi connectivity index (χ0v) is 11.2. The maximum absolute atomic E-state index is 12.3. The van der Waals surface area contributed by atoms with E-state index < -0.39 is 0 Å². The van der Waals surface area contributed by atoms with Gasteiger partial charge in [-0.1, -0.05) is 19.3 Å². The number of nitrogens with one attached hydrogen (secondary N) is 1. The van der Waals surface area contributed by atoms with Crippen LogP contribution < -0.4 is 5.32 Å². The van der Waals surface area contributed by atoms with Gasteiger partial charge in [-0.3, -0.25) is 4.79 Å². The maximum atomic E-state index is 12.3. The summed E-state index contributed by atoms with van der Waals surface area (Å²) in [7, 11) is 1.87. The third kappa shape index (κ3) is 2.82. The number of likely N-dealkylation sites (tertiary alicyclic amines) is 1. The van der Waals surface area contributed by atoms with Crippen LogP contribution in [-0.4, -0.2) is 36.5 Å². The molecule has 0 bridgehead atoms. The van der Waals surface area contributed by atoms with Crippen LogP contribution in [0.1, 0.15) is 51.9 Å². The van der Waals surface area contributed by atoms with Crippen molar-refractivity contribution in [3.05, 3.63) is 0 Å². The van der Waals surface area contributed by atoms with Gasteiger partial charge >= 0.3 is 0 Å². The van der Waals surface area contributed by atoms with Crippen molar-refractivity contribution in [1.82, 2.24) is 10.2 Å². The Bertz CT molecular complexity index is 261. The fourth-order valence-corrected chi connectivity index (χ4v) is 3.45. The Kier molecular flexibility index (Phi) is 4.43. The summed E-state index contributed by atoms with van der Waals surface area (Å²) < 4.78 is 0. The summed E-state index contributed by atoms with van der Waals surface area (Å²) in [5.74, 6) is 1.08. The molecule has 1 amide bonds. The summed E-state index contributed by atoms with van der Waals surface area (Å²) >= 11 is 0. The monoisotopic (exact) mass is 238 g/mol. The second-order valence-electron chi connectivity index (χ2n) is 5.65. The molecule has 1 aliphatic heterocycles. The summed E-state index contributed by atoms with van der Waals surface area (Å²) in [6.07, 6.45) is 9.22. The van der Waals surface area contributed by atoms with Crippen LogP contribution in [0.3, 0.4) is 0 Å². The van der Waals surface area contributed by atoms with E-state index in [0.717, 1.165) is 12.5 Å². The molecule has 1 N–H and O–H groups in total. The fraction of sp³-hybridized carbons (Fsp3) is 0.929. The Labute approximate surface area is 105 Å². The molecule has 2 fully saturated rings. The molecule has 2 aliphatic rings. The molecule has 3 nitrogen and oxygen atoms in total. The van der Waals surface area contributed by atoms with Crippen molar-refractivity contribution < 1.29 is 4.79 Å². The zero-order valence-electron chi connectivity index (χ0n) is 11.2. The molecular weight excluding hydrogens is 212 g/mol. The van der Waals surface area contributed by atoms with Gasteiger partial charge in [0.05, 0.1) is 6.04 Å². The van der Waals surface area contributed by atoms with Crippen LogP contribution in [0, 0.1) is 5.92 Å². The van der Waals surface area contributed by atoms with Gasteiger partial charge in [0.15, 0.2) is 0 Å². The van der Waals surface area contributed by atoms with Gasteiger partial charge < -0.3 is 10.2 Å². The Morgan fingerprint density at radius 3 is 2.53 bits per heavy atom. The Morgan fingerprint density at radius 2 is 1.88 bits per heavy atom. The predicted octanol–water partition coefficient (Wildman–Crippen LogP) is 2.17. The first-order valence-electron chi connectivity index (χ1n) is 7.21. The highest BCUT2D eigenvalue weighted by Gasteiger charge is 2.36. The van der Waals surface area contributed by atoms with Crippen molar-refractivity contribution in [2.45, 2.75) is 64.0 Å². The predicted molar refractivity (Wildman–Crippen MR) is 69.8 cm³/mol. The molecule has 0 aromatic heterocycles. The molecule has 1 aliphatic carbocycles. The molecular formula is C14H26N2O. The zero-order chi connectivity index (χ0) is 12.3. The van der Waals surface area contributed by atoms with Crippen molar-refractivity contribution >= 4 is 5.91 Å². The largest absolute Gasteiger partial charge is 0.338 e. The molecule has 1 heterocycles. The highest BCUT2D eigenvalue weighted by molar-refractivity contribution is 5.82. The van der Waals surface area contributed by atoms with Gasteiger partial charge in [0.1, 0.15) is 0 Å². The van der Waals surface area contributed by atoms with Crippen LogP contribution in [0.25, 0.3) is 0 Å². The molecule has 1 saturated heterocycles. The van der Waals surface area contributed by atoms with Crippen LogP contribution >= 0.6 is 0 Å². The van der Waals surface area contributed by atoms with Crippen molar-refractivity contribution in [1.29, 1.82) is 0 Å². The molecule has 0 radical (unpaired) electrons. The van der Waals surface area contributed by atoms with Crippen LogP contribution in [0.15, 0.2) is 0 Å². The summed E-state index contributed by atoms with van der Waals surface area (Å²) in [6, 6.07) is 0.512. The number of likely N-dealkylation sites (N-methyl/N-ethyl adjacent to an activating group) is 1. The second kappa shape index (κ2) is 5.85. The van der Waals surface area contributed by atoms with Crippen molar-refractivity contribution in [2.24, 2.45) is 5.92 Å². The summed E-state index contributed by atoms with van der Waals surface area (Å²) in [5, 5.41) is 3.07. The first-order valence-corrected chi connectivity index (χ1v) is 7.21. The van der Waals surface area contributed by atoms with Crippen molar-refractivity contribution in [2.75, 3.05) is 13.6 Å². The molecule has 98 valence electrons. The minimum absolute atomic E-state index is 0.0285. The molecule has 17 heavy (non-hydrogen) atoms. The van der Waals surface area contributed by atoms with Gasteiger partial charge in [0, 0.05) is 12.6 Å². The van der Waals surface area contributed by atoms with E-state index in [1.165, 1.54) is 44.9 Å². The number of hydrogen-bond acceptors (Lipinski definition) is 2. The van der Waals surface area contributed by atoms with E-state index in [1.54, 1.807) is 0 Å². The normalized spacial score (nSPS) is 28.4.